The third-order valence-electron chi connectivity index (χ3n) is 5.50. The summed E-state index contributed by atoms with van der Waals surface area (Å²) in [5.74, 6) is 0. The van der Waals surface area contributed by atoms with E-state index in [2.05, 4.69) is 10.3 Å². The van der Waals surface area contributed by atoms with Crippen LogP contribution in [0.1, 0.15) is 24.1 Å². The van der Waals surface area contributed by atoms with E-state index >= 15 is 0 Å². The highest BCUT2D eigenvalue weighted by Crippen LogP contribution is 2.48. The summed E-state index contributed by atoms with van der Waals surface area (Å²) in [4.78, 5) is 3.05. The van der Waals surface area contributed by atoms with Crippen LogP contribution >= 0.6 is 0 Å². The van der Waals surface area contributed by atoms with Gasteiger partial charge < -0.3 is 15.3 Å². The van der Waals surface area contributed by atoms with Gasteiger partial charge in [0.15, 0.2) is 0 Å². The largest absolute Gasteiger partial charge is 0.433 e. The highest BCUT2D eigenvalue weighted by molar-refractivity contribution is 7.92. The number of fused-ring (bicyclic) bond motifs is 2. The van der Waals surface area contributed by atoms with Crippen molar-refractivity contribution in [2.75, 3.05) is 18.0 Å². The number of benzene rings is 1. The summed E-state index contributed by atoms with van der Waals surface area (Å²) in [6.07, 6.45) is -9.30. The van der Waals surface area contributed by atoms with Crippen LogP contribution < -0.4 is 10.2 Å². The second kappa shape index (κ2) is 7.59. The van der Waals surface area contributed by atoms with Crippen LogP contribution in [-0.4, -0.2) is 43.7 Å². The first kappa shape index (κ1) is 22.8. The molecule has 32 heavy (non-hydrogen) atoms. The second-order valence-corrected chi connectivity index (χ2v) is 9.46. The lowest BCUT2D eigenvalue weighted by Crippen LogP contribution is -2.45. The highest BCUT2D eigenvalue weighted by atomic mass is 32.2. The maximum absolute atomic E-state index is 13.3. The molecule has 4 rings (SSSR count). The molecule has 2 atom stereocenters. The van der Waals surface area contributed by atoms with Crippen molar-refractivity contribution in [2.45, 2.75) is 47.1 Å². The Bertz CT molecular complexity index is 1080. The van der Waals surface area contributed by atoms with Gasteiger partial charge in [0, 0.05) is 6.54 Å². The molecule has 1 fully saturated rings. The monoisotopic (exact) mass is 481 g/mol. The Morgan fingerprint density at radius 3 is 2.38 bits per heavy atom. The van der Waals surface area contributed by atoms with Gasteiger partial charge in [0.25, 0.3) is 0 Å². The zero-order chi connectivity index (χ0) is 23.5. The van der Waals surface area contributed by atoms with Crippen molar-refractivity contribution in [3.8, 4) is 0 Å². The minimum absolute atomic E-state index is 0.118. The Hall–Kier alpha value is -2.38. The summed E-state index contributed by atoms with van der Waals surface area (Å²) in [6, 6.07) is 1.60. The Kier molecular flexibility index (Phi) is 5.41. The van der Waals surface area contributed by atoms with Gasteiger partial charge in [0.2, 0.25) is 9.84 Å². The molecule has 2 aromatic rings. The van der Waals surface area contributed by atoms with Crippen molar-refractivity contribution >= 4 is 21.2 Å². The molecule has 2 aliphatic rings. The Morgan fingerprint density at radius 2 is 1.72 bits per heavy atom. The predicted molar refractivity (Wildman–Crippen MR) is 100 cm³/mol. The molecular weight excluding hydrogens is 464 g/mol. The summed E-state index contributed by atoms with van der Waals surface area (Å²) in [5.41, 5.74) is -3.12. The van der Waals surface area contributed by atoms with Gasteiger partial charge in [0.05, 0.1) is 45.1 Å². The van der Waals surface area contributed by atoms with E-state index in [0.29, 0.717) is 37.6 Å². The average Bonchev–Trinajstić information content (AvgIpc) is 2.91. The lowest BCUT2D eigenvalue weighted by molar-refractivity contribution is -0.141. The van der Waals surface area contributed by atoms with Gasteiger partial charge in [-0.25, -0.2) is 13.4 Å². The van der Waals surface area contributed by atoms with Crippen LogP contribution in [0.25, 0.3) is 0 Å². The minimum atomic E-state index is -4.96. The van der Waals surface area contributed by atoms with Crippen LogP contribution in [-0.2, 0) is 22.2 Å². The number of rotatable bonds is 1. The molecule has 0 saturated carbocycles. The van der Waals surface area contributed by atoms with Gasteiger partial charge >= 0.3 is 12.4 Å². The number of hydrogen-bond acceptors (Lipinski definition) is 6. The van der Waals surface area contributed by atoms with Gasteiger partial charge in [0.1, 0.15) is 5.69 Å². The number of hydrogen-bond donors (Lipinski definition) is 2. The smallest absolute Gasteiger partial charge is 0.390 e. The first-order valence-electron chi connectivity index (χ1n) is 9.53. The molecule has 0 unspecified atom stereocenters. The number of aliphatic hydroxyl groups is 1. The Balaban J connectivity index is 2.00. The van der Waals surface area contributed by atoms with E-state index in [0.717, 1.165) is 12.3 Å². The molecule has 0 spiro atoms. The summed E-state index contributed by atoms with van der Waals surface area (Å²) in [5, 5.41) is 13.6. The van der Waals surface area contributed by atoms with E-state index < -0.39 is 55.4 Å². The molecule has 1 saturated heterocycles. The lowest BCUT2D eigenvalue weighted by Gasteiger charge is -2.40. The van der Waals surface area contributed by atoms with Crippen molar-refractivity contribution in [3.63, 3.8) is 0 Å². The first-order valence-corrected chi connectivity index (χ1v) is 11.0. The predicted octanol–water partition coefficient (Wildman–Crippen LogP) is 3.52. The second-order valence-electron chi connectivity index (χ2n) is 7.57. The number of sulfone groups is 1. The standard InChI is InChI=1S/C19H17F6N3O3S/c20-18(21,22)10-3-4-12-15(6-10)32(30,31)16-7-17(19(23,24)25)27-8-13(16)28(12)11-2-1-5-26-9-14(11)29/h3-4,6-8,11,14,26,29H,1-2,5,9H2/t11-,14-/m0/s1. The summed E-state index contributed by atoms with van der Waals surface area (Å²) in [7, 11) is -4.74. The molecule has 174 valence electrons. The van der Waals surface area contributed by atoms with E-state index in [9.17, 15) is 39.9 Å². The van der Waals surface area contributed by atoms with Gasteiger partial charge in [-0.05, 0) is 43.7 Å². The molecule has 6 nitrogen and oxygen atoms in total. The van der Waals surface area contributed by atoms with Crippen LogP contribution in [0.5, 0.6) is 0 Å². The van der Waals surface area contributed by atoms with E-state index in [-0.39, 0.29) is 17.9 Å². The maximum atomic E-state index is 13.3. The Labute approximate surface area is 178 Å². The van der Waals surface area contributed by atoms with Crippen molar-refractivity contribution in [2.24, 2.45) is 0 Å². The number of halogens is 6. The Morgan fingerprint density at radius 1 is 1.03 bits per heavy atom. The number of alkyl halides is 6. The van der Waals surface area contributed by atoms with E-state index in [1.165, 1.54) is 4.90 Å². The average molecular weight is 481 g/mol. The molecular formula is C19H17F6N3O3S. The molecule has 0 aliphatic carbocycles. The first-order chi connectivity index (χ1) is 14.8. The van der Waals surface area contributed by atoms with Gasteiger partial charge in [-0.3, -0.25) is 0 Å². The molecule has 2 N–H and O–H groups in total. The topological polar surface area (TPSA) is 82.5 Å². The number of nitrogens with one attached hydrogen (secondary N) is 1. The third-order valence-corrected chi connectivity index (χ3v) is 7.32. The van der Waals surface area contributed by atoms with Gasteiger partial charge in [-0.15, -0.1) is 0 Å². The van der Waals surface area contributed by atoms with Crippen molar-refractivity contribution < 1.29 is 39.9 Å². The molecule has 3 heterocycles. The summed E-state index contributed by atoms with van der Waals surface area (Å²) in [6.45, 7) is 0.658. The molecule has 13 heteroatoms. The fourth-order valence-corrected chi connectivity index (χ4v) is 5.66. The molecule has 0 radical (unpaired) electrons. The number of aliphatic hydroxyl groups excluding tert-OH is 1. The van der Waals surface area contributed by atoms with Crippen LogP contribution in [0.2, 0.25) is 0 Å². The minimum Gasteiger partial charge on any atom is -0.390 e. The van der Waals surface area contributed by atoms with Crippen LogP contribution in [0.4, 0.5) is 37.7 Å². The molecule has 2 aliphatic heterocycles. The zero-order valence-corrected chi connectivity index (χ0v) is 17.0. The van der Waals surface area contributed by atoms with E-state index in [1.54, 1.807) is 0 Å². The molecule has 1 aromatic carbocycles. The molecule has 0 amide bonds. The quantitative estimate of drug-likeness (QED) is 0.607. The number of pyridine rings is 1. The molecule has 0 bridgehead atoms. The maximum Gasteiger partial charge on any atom is 0.433 e. The SMILES string of the molecule is O=S1(=O)c2cc(C(F)(F)F)ccc2N([C@H]2CCCNC[C@@H]2O)c2cnc(C(F)(F)F)cc21. The van der Waals surface area contributed by atoms with Crippen molar-refractivity contribution in [3.05, 3.63) is 41.7 Å². The zero-order valence-electron chi connectivity index (χ0n) is 16.2. The normalized spacial score (nSPS) is 23.3. The van der Waals surface area contributed by atoms with Crippen LogP contribution in [0.3, 0.4) is 0 Å². The summed E-state index contributed by atoms with van der Waals surface area (Å²) < 4.78 is 106. The number of aromatic nitrogens is 1. The fourth-order valence-electron chi connectivity index (χ4n) is 4.01. The highest BCUT2D eigenvalue weighted by Gasteiger charge is 2.44. The van der Waals surface area contributed by atoms with Crippen LogP contribution in [0.15, 0.2) is 40.3 Å². The number of anilines is 2. The van der Waals surface area contributed by atoms with E-state index in [4.69, 9.17) is 0 Å². The fraction of sp³-hybridized carbons (Fsp3) is 0.421. The van der Waals surface area contributed by atoms with Crippen LogP contribution in [0, 0.1) is 0 Å². The van der Waals surface area contributed by atoms with Crippen molar-refractivity contribution in [1.29, 1.82) is 0 Å². The molecule has 1 aromatic heterocycles. The van der Waals surface area contributed by atoms with Gasteiger partial charge in [-0.2, -0.15) is 26.3 Å². The summed E-state index contributed by atoms with van der Waals surface area (Å²) >= 11 is 0. The van der Waals surface area contributed by atoms with E-state index in [1.807, 2.05) is 0 Å². The number of nitrogens with zero attached hydrogens (tertiary/aromatic N) is 2. The van der Waals surface area contributed by atoms with Gasteiger partial charge in [-0.1, -0.05) is 0 Å². The lowest BCUT2D eigenvalue weighted by atomic mass is 10.0. The third kappa shape index (κ3) is 3.82. The number of β-amino-alcohol motifs (C(OH)–C–C–N with tert-alkyl or cyclic N) is 1. The van der Waals surface area contributed by atoms with Crippen molar-refractivity contribution in [1.82, 2.24) is 10.3 Å².